The average Bonchev–Trinajstić information content (AvgIpc) is 3.17. The SMILES string of the molecule is CC(=O)Nc1ccc(N(C(=O)c2ccc3c(c2)OCO3)C2CCOCC2)cc1. The summed E-state index contributed by atoms with van der Waals surface area (Å²) in [6, 6.07) is 12.6. The van der Waals surface area contributed by atoms with Crippen molar-refractivity contribution in [3.05, 3.63) is 48.0 Å². The van der Waals surface area contributed by atoms with Gasteiger partial charge < -0.3 is 24.4 Å². The normalized spacial score (nSPS) is 15.9. The molecule has 7 heteroatoms. The lowest BCUT2D eigenvalue weighted by Gasteiger charge is -2.34. The molecule has 2 aliphatic heterocycles. The Morgan fingerprint density at radius 1 is 1.00 bits per heavy atom. The zero-order chi connectivity index (χ0) is 19.5. The summed E-state index contributed by atoms with van der Waals surface area (Å²) in [4.78, 5) is 26.5. The van der Waals surface area contributed by atoms with E-state index in [9.17, 15) is 9.59 Å². The molecule has 28 heavy (non-hydrogen) atoms. The molecule has 0 unspecified atom stereocenters. The summed E-state index contributed by atoms with van der Waals surface area (Å²) in [5.74, 6) is 0.996. The molecule has 1 N–H and O–H groups in total. The van der Waals surface area contributed by atoms with Crippen molar-refractivity contribution < 1.29 is 23.8 Å². The first-order valence-electron chi connectivity index (χ1n) is 9.30. The van der Waals surface area contributed by atoms with Gasteiger partial charge in [0.25, 0.3) is 5.91 Å². The van der Waals surface area contributed by atoms with Crippen LogP contribution in [0.4, 0.5) is 11.4 Å². The molecule has 2 aliphatic rings. The topological polar surface area (TPSA) is 77.1 Å². The monoisotopic (exact) mass is 382 g/mol. The maximum Gasteiger partial charge on any atom is 0.258 e. The minimum atomic E-state index is -0.134. The van der Waals surface area contributed by atoms with Crippen molar-refractivity contribution in [2.24, 2.45) is 0 Å². The van der Waals surface area contributed by atoms with Crippen molar-refractivity contribution >= 4 is 23.2 Å². The molecule has 0 spiro atoms. The van der Waals surface area contributed by atoms with Gasteiger partial charge in [0.1, 0.15) is 0 Å². The minimum absolute atomic E-state index is 0.0401. The van der Waals surface area contributed by atoms with Crippen molar-refractivity contribution in [2.75, 3.05) is 30.2 Å². The van der Waals surface area contributed by atoms with Crippen LogP contribution in [0.5, 0.6) is 11.5 Å². The zero-order valence-corrected chi connectivity index (χ0v) is 15.6. The number of nitrogens with zero attached hydrogens (tertiary/aromatic N) is 1. The van der Waals surface area contributed by atoms with Crippen molar-refractivity contribution in [1.82, 2.24) is 0 Å². The third-order valence-electron chi connectivity index (χ3n) is 4.86. The Labute approximate surface area is 163 Å². The van der Waals surface area contributed by atoms with E-state index in [2.05, 4.69) is 5.32 Å². The predicted molar refractivity (Wildman–Crippen MR) is 104 cm³/mol. The van der Waals surface area contributed by atoms with Gasteiger partial charge in [-0.1, -0.05) is 0 Å². The molecule has 2 amide bonds. The molecular formula is C21H22N2O5. The van der Waals surface area contributed by atoms with Crippen molar-refractivity contribution in [1.29, 1.82) is 0 Å². The van der Waals surface area contributed by atoms with Gasteiger partial charge in [-0.3, -0.25) is 9.59 Å². The smallest absolute Gasteiger partial charge is 0.258 e. The van der Waals surface area contributed by atoms with E-state index < -0.39 is 0 Å². The molecule has 0 aromatic heterocycles. The molecule has 4 rings (SSSR count). The van der Waals surface area contributed by atoms with Crippen LogP contribution in [0, 0.1) is 0 Å². The molecule has 0 saturated carbocycles. The number of nitrogens with one attached hydrogen (secondary N) is 1. The molecule has 2 heterocycles. The molecule has 2 aromatic rings. The third-order valence-corrected chi connectivity index (χ3v) is 4.86. The molecule has 0 atom stereocenters. The van der Waals surface area contributed by atoms with Gasteiger partial charge in [-0.15, -0.1) is 0 Å². The number of benzene rings is 2. The Kier molecular flexibility index (Phi) is 5.16. The first-order valence-corrected chi connectivity index (χ1v) is 9.30. The number of amides is 2. The van der Waals surface area contributed by atoms with E-state index in [-0.39, 0.29) is 24.6 Å². The number of rotatable bonds is 4. The van der Waals surface area contributed by atoms with Gasteiger partial charge in [0.05, 0.1) is 0 Å². The number of hydrogen-bond acceptors (Lipinski definition) is 5. The van der Waals surface area contributed by atoms with Crippen LogP contribution in [0.1, 0.15) is 30.1 Å². The van der Waals surface area contributed by atoms with E-state index in [1.165, 1.54) is 6.92 Å². The Bertz CT molecular complexity index is 875. The summed E-state index contributed by atoms with van der Waals surface area (Å²) in [6.07, 6.45) is 1.54. The molecule has 0 radical (unpaired) electrons. The third kappa shape index (κ3) is 3.80. The largest absolute Gasteiger partial charge is 0.454 e. The predicted octanol–water partition coefficient (Wildman–Crippen LogP) is 3.20. The number of ether oxygens (including phenoxy) is 3. The van der Waals surface area contributed by atoms with Gasteiger partial charge in [0.2, 0.25) is 12.7 Å². The maximum absolute atomic E-state index is 13.4. The highest BCUT2D eigenvalue weighted by molar-refractivity contribution is 6.07. The second-order valence-corrected chi connectivity index (χ2v) is 6.81. The lowest BCUT2D eigenvalue weighted by molar-refractivity contribution is -0.114. The Hall–Kier alpha value is -3.06. The molecule has 2 aromatic carbocycles. The number of anilines is 2. The Morgan fingerprint density at radius 2 is 1.71 bits per heavy atom. The standard InChI is InChI=1S/C21H22N2O5/c1-14(24)22-16-3-5-17(6-4-16)23(18-8-10-26-11-9-18)21(25)15-2-7-19-20(12-15)28-13-27-19/h2-7,12,18H,8-11,13H2,1H3,(H,22,24). The summed E-state index contributed by atoms with van der Waals surface area (Å²) < 4.78 is 16.2. The van der Waals surface area contributed by atoms with E-state index in [1.807, 2.05) is 17.0 Å². The van der Waals surface area contributed by atoms with Crippen molar-refractivity contribution in [2.45, 2.75) is 25.8 Å². The maximum atomic E-state index is 13.4. The van der Waals surface area contributed by atoms with Crippen LogP contribution in [0.3, 0.4) is 0 Å². The second-order valence-electron chi connectivity index (χ2n) is 6.81. The highest BCUT2D eigenvalue weighted by Gasteiger charge is 2.29. The van der Waals surface area contributed by atoms with E-state index in [1.54, 1.807) is 30.3 Å². The summed E-state index contributed by atoms with van der Waals surface area (Å²) in [7, 11) is 0. The quantitative estimate of drug-likeness (QED) is 0.879. The van der Waals surface area contributed by atoms with E-state index in [0.717, 1.165) is 18.5 Å². The second kappa shape index (κ2) is 7.90. The van der Waals surface area contributed by atoms with Crippen LogP contribution in [-0.4, -0.2) is 37.9 Å². The highest BCUT2D eigenvalue weighted by Crippen LogP contribution is 2.34. The molecular weight excluding hydrogens is 360 g/mol. The summed E-state index contributed by atoms with van der Waals surface area (Å²) in [6.45, 7) is 2.88. The summed E-state index contributed by atoms with van der Waals surface area (Å²) >= 11 is 0. The highest BCUT2D eigenvalue weighted by atomic mass is 16.7. The lowest BCUT2D eigenvalue weighted by atomic mass is 10.0. The molecule has 146 valence electrons. The van der Waals surface area contributed by atoms with Crippen LogP contribution in [0.25, 0.3) is 0 Å². The summed E-state index contributed by atoms with van der Waals surface area (Å²) in [5, 5.41) is 2.75. The van der Waals surface area contributed by atoms with Gasteiger partial charge in [0.15, 0.2) is 11.5 Å². The van der Waals surface area contributed by atoms with Crippen LogP contribution in [0.15, 0.2) is 42.5 Å². The first kappa shape index (κ1) is 18.3. The van der Waals surface area contributed by atoms with Gasteiger partial charge in [-0.05, 0) is 55.3 Å². The Balaban J connectivity index is 1.65. The number of carbonyl (C=O) groups is 2. The fourth-order valence-corrected chi connectivity index (χ4v) is 3.51. The van der Waals surface area contributed by atoms with E-state index in [0.29, 0.717) is 36.0 Å². The minimum Gasteiger partial charge on any atom is -0.454 e. The molecule has 0 aliphatic carbocycles. The van der Waals surface area contributed by atoms with E-state index in [4.69, 9.17) is 14.2 Å². The number of fused-ring (bicyclic) bond motifs is 1. The summed E-state index contributed by atoms with van der Waals surface area (Å²) in [5.41, 5.74) is 2.02. The van der Waals surface area contributed by atoms with Crippen LogP contribution < -0.4 is 19.7 Å². The molecule has 1 saturated heterocycles. The van der Waals surface area contributed by atoms with Gasteiger partial charge in [-0.25, -0.2) is 0 Å². The first-order chi connectivity index (χ1) is 13.6. The van der Waals surface area contributed by atoms with Gasteiger partial charge >= 0.3 is 0 Å². The molecule has 1 fully saturated rings. The van der Waals surface area contributed by atoms with Crippen molar-refractivity contribution in [3.63, 3.8) is 0 Å². The van der Waals surface area contributed by atoms with Crippen LogP contribution in [0.2, 0.25) is 0 Å². The molecule has 7 nitrogen and oxygen atoms in total. The van der Waals surface area contributed by atoms with E-state index >= 15 is 0 Å². The fourth-order valence-electron chi connectivity index (χ4n) is 3.51. The number of hydrogen-bond donors (Lipinski definition) is 1. The zero-order valence-electron chi connectivity index (χ0n) is 15.6. The van der Waals surface area contributed by atoms with Crippen molar-refractivity contribution in [3.8, 4) is 11.5 Å². The van der Waals surface area contributed by atoms with Crippen LogP contribution >= 0.6 is 0 Å². The Morgan fingerprint density at radius 3 is 2.43 bits per heavy atom. The number of carbonyl (C=O) groups excluding carboxylic acids is 2. The van der Waals surface area contributed by atoms with Crippen LogP contribution in [-0.2, 0) is 9.53 Å². The molecule has 0 bridgehead atoms. The van der Waals surface area contributed by atoms with Gasteiger partial charge in [-0.2, -0.15) is 0 Å². The lowest BCUT2D eigenvalue weighted by Crippen LogP contribution is -2.43. The van der Waals surface area contributed by atoms with Gasteiger partial charge in [0, 0.05) is 43.1 Å². The average molecular weight is 382 g/mol. The fraction of sp³-hybridized carbons (Fsp3) is 0.333.